The number of rotatable bonds is 36. The van der Waals surface area contributed by atoms with E-state index >= 15 is 0 Å². The Morgan fingerprint density at radius 1 is 0.479 bits per heavy atom. The molecule has 2 saturated heterocycles. The van der Waals surface area contributed by atoms with Crippen LogP contribution < -0.4 is 0 Å². The minimum atomic E-state index is -5.13. The van der Waals surface area contributed by atoms with Crippen LogP contribution in [0.25, 0.3) is 0 Å². The molecule has 0 radical (unpaired) electrons. The Labute approximate surface area is 464 Å². The van der Waals surface area contributed by atoms with Gasteiger partial charge in [-0.25, -0.2) is 16.8 Å². The summed E-state index contributed by atoms with van der Waals surface area (Å²) in [4.78, 5) is 72.0. The average Bonchev–Trinajstić information content (AvgIpc) is 3.44. The Morgan fingerprint density at radius 3 is 0.973 bits per heavy atom. The van der Waals surface area contributed by atoms with Gasteiger partial charge in [-0.1, -0.05) is 168 Å². The number of cyclic esters (lactones) is 4. The van der Waals surface area contributed by atoms with Gasteiger partial charge in [-0.3, -0.25) is 28.8 Å². The molecular formula is C50H86CaO20S2. The number of carbonyl (C=O) groups excluding carboxylic acids is 6. The van der Waals surface area contributed by atoms with Gasteiger partial charge in [0.25, 0.3) is 0 Å². The molecule has 4 atom stereocenters. The van der Waals surface area contributed by atoms with Crippen LogP contribution >= 0.6 is 0 Å². The van der Waals surface area contributed by atoms with Gasteiger partial charge >= 0.3 is 73.6 Å². The number of hydrogen-bond donors (Lipinski definition) is 2. The van der Waals surface area contributed by atoms with E-state index in [1.807, 2.05) is 0 Å². The van der Waals surface area contributed by atoms with Crippen LogP contribution in [0, 0.1) is 10.8 Å². The number of unbranched alkanes of at least 4 members (excludes halogenated alkanes) is 24. The van der Waals surface area contributed by atoms with Gasteiger partial charge in [0, 0.05) is 12.8 Å². The fourth-order valence-electron chi connectivity index (χ4n) is 7.84. The fourth-order valence-corrected chi connectivity index (χ4v) is 9.13. The van der Waals surface area contributed by atoms with Gasteiger partial charge in [-0.2, -0.15) is 0 Å². The van der Waals surface area contributed by atoms with E-state index in [0.29, 0.717) is 12.8 Å². The minimum absolute atomic E-state index is 0. The summed E-state index contributed by atoms with van der Waals surface area (Å²) in [6, 6.07) is 0. The van der Waals surface area contributed by atoms with Crippen LogP contribution in [0.2, 0.25) is 0 Å². The predicted molar refractivity (Wildman–Crippen MR) is 267 cm³/mol. The minimum Gasteiger partial charge on any atom is -0.747 e. The summed E-state index contributed by atoms with van der Waals surface area (Å²) >= 11 is 0. The summed E-state index contributed by atoms with van der Waals surface area (Å²) < 4.78 is 97.5. The standard InChI is InChI=1S/2C25H44O10S.Ca/c2*1-2-3-4-5-6-7-8-9-10-11-12-13-14-15-22(27)33-18-25(17-26)19-34-23(28)16-21(36(30,31)32)24(29)35-20-25;/h2*21,26H,2-20H2,1H3,(H,30,31,32);/q;;+2/p-2. The molecule has 0 aromatic rings. The SMILES string of the molecule is CCCCCCCCCCCCCCCC(=O)OCC1(CO)COC(=O)CC(S(=O)(=O)[O-])C(=O)OC1.CCCCCCCCCCCCCCCC(=O)OCC1(CO)COC(=O)CC(S(=O)(=O)[O-])C(=O)OC1.[Ca+2]. The van der Waals surface area contributed by atoms with Crippen LogP contribution in [0.4, 0.5) is 0 Å². The summed E-state index contributed by atoms with van der Waals surface area (Å²) in [5.74, 6) is -6.00. The molecule has 2 fully saturated rings. The molecule has 2 aliphatic heterocycles. The van der Waals surface area contributed by atoms with Crippen molar-refractivity contribution in [2.75, 3.05) is 52.9 Å². The molecule has 73 heavy (non-hydrogen) atoms. The molecule has 0 aromatic heterocycles. The first kappa shape index (κ1) is 70.8. The first-order chi connectivity index (χ1) is 34.3. The van der Waals surface area contributed by atoms with E-state index < -0.39 is 143 Å². The zero-order valence-electron chi connectivity index (χ0n) is 43.8. The van der Waals surface area contributed by atoms with Crippen LogP contribution in [0.15, 0.2) is 0 Å². The fraction of sp³-hybridized carbons (Fsp3) is 0.880. The smallest absolute Gasteiger partial charge is 0.747 e. The molecule has 20 nitrogen and oxygen atoms in total. The molecule has 0 aliphatic carbocycles. The number of carbonyl (C=O) groups is 6. The molecule has 2 rings (SSSR count). The zero-order valence-corrected chi connectivity index (χ0v) is 47.6. The second-order valence-electron chi connectivity index (χ2n) is 19.5. The number of aliphatic hydroxyl groups is 2. The second-order valence-corrected chi connectivity index (χ2v) is 22.6. The number of esters is 6. The van der Waals surface area contributed by atoms with Gasteiger partial charge in [0.05, 0.1) is 36.9 Å². The van der Waals surface area contributed by atoms with Gasteiger partial charge < -0.3 is 47.7 Å². The van der Waals surface area contributed by atoms with Gasteiger partial charge in [0.15, 0.2) is 10.5 Å². The molecule has 0 aromatic carbocycles. The Morgan fingerprint density at radius 2 is 0.726 bits per heavy atom. The van der Waals surface area contributed by atoms with E-state index in [4.69, 9.17) is 28.4 Å². The molecule has 2 aliphatic rings. The van der Waals surface area contributed by atoms with E-state index in [1.165, 1.54) is 116 Å². The Bertz CT molecular complexity index is 1670. The molecule has 0 saturated carbocycles. The molecule has 420 valence electrons. The molecule has 0 amide bonds. The van der Waals surface area contributed by atoms with Crippen molar-refractivity contribution in [3.8, 4) is 0 Å². The van der Waals surface area contributed by atoms with Crippen molar-refractivity contribution in [2.24, 2.45) is 10.8 Å². The maximum absolute atomic E-state index is 12.1. The molecule has 2 heterocycles. The molecule has 0 bridgehead atoms. The first-order valence-corrected chi connectivity index (χ1v) is 29.3. The van der Waals surface area contributed by atoms with E-state index in [2.05, 4.69) is 13.8 Å². The zero-order chi connectivity index (χ0) is 53.7. The largest absolute Gasteiger partial charge is 2.00 e. The molecule has 23 heteroatoms. The van der Waals surface area contributed by atoms with E-state index in [-0.39, 0.29) is 50.6 Å². The average molecular weight is 1110 g/mol. The molecule has 0 spiro atoms. The maximum atomic E-state index is 12.1. The monoisotopic (exact) mass is 1110 g/mol. The van der Waals surface area contributed by atoms with Crippen LogP contribution in [0.1, 0.15) is 206 Å². The van der Waals surface area contributed by atoms with Crippen molar-refractivity contribution in [1.29, 1.82) is 0 Å². The van der Waals surface area contributed by atoms with Crippen molar-refractivity contribution in [3.05, 3.63) is 0 Å². The summed E-state index contributed by atoms with van der Waals surface area (Å²) in [5, 5.41) is 15.2. The van der Waals surface area contributed by atoms with Crippen molar-refractivity contribution < 1.29 is 93.3 Å². The van der Waals surface area contributed by atoms with Gasteiger partial charge in [-0.05, 0) is 12.8 Å². The van der Waals surface area contributed by atoms with Gasteiger partial charge in [0.1, 0.15) is 59.9 Å². The van der Waals surface area contributed by atoms with E-state index in [9.17, 15) is 64.9 Å². The summed E-state index contributed by atoms with van der Waals surface area (Å²) in [6.07, 6.45) is 29.2. The van der Waals surface area contributed by atoms with Gasteiger partial charge in [-0.15, -0.1) is 0 Å². The van der Waals surface area contributed by atoms with Crippen molar-refractivity contribution in [3.63, 3.8) is 0 Å². The Hall–Kier alpha value is -2.18. The first-order valence-electron chi connectivity index (χ1n) is 26.3. The van der Waals surface area contributed by atoms with Crippen LogP contribution in [0.5, 0.6) is 0 Å². The van der Waals surface area contributed by atoms with Crippen LogP contribution in [0.3, 0.4) is 0 Å². The summed E-state index contributed by atoms with van der Waals surface area (Å²) in [6.45, 7) is 0.262. The van der Waals surface area contributed by atoms with Gasteiger partial charge in [0.2, 0.25) is 0 Å². The number of ether oxygens (including phenoxy) is 6. The Kier molecular flexibility index (Phi) is 39.8. The van der Waals surface area contributed by atoms with E-state index in [0.717, 1.165) is 38.5 Å². The molecular weight excluding hydrogens is 1020 g/mol. The molecule has 4 unspecified atom stereocenters. The van der Waals surface area contributed by atoms with Crippen molar-refractivity contribution >= 4 is 93.8 Å². The van der Waals surface area contributed by atoms with Crippen LogP contribution in [-0.2, 0) is 77.4 Å². The number of aliphatic hydroxyl groups excluding tert-OH is 2. The third-order valence-electron chi connectivity index (χ3n) is 12.8. The summed E-state index contributed by atoms with van der Waals surface area (Å²) in [7, 11) is -10.3. The number of hydrogen-bond acceptors (Lipinski definition) is 20. The maximum Gasteiger partial charge on any atom is 2.00 e. The third kappa shape index (κ3) is 33.6. The third-order valence-corrected chi connectivity index (χ3v) is 14.9. The summed E-state index contributed by atoms with van der Waals surface area (Å²) in [5.41, 5.74) is -2.89. The Balaban J connectivity index is 0.00000140. The normalized spacial score (nSPS) is 20.8. The van der Waals surface area contributed by atoms with Crippen molar-refractivity contribution in [1.82, 2.24) is 0 Å². The van der Waals surface area contributed by atoms with Crippen molar-refractivity contribution in [2.45, 2.75) is 217 Å². The van der Waals surface area contributed by atoms with E-state index in [1.54, 1.807) is 0 Å². The topological polar surface area (TPSA) is 313 Å². The second kappa shape index (κ2) is 41.0. The molecule has 2 N–H and O–H groups in total. The van der Waals surface area contributed by atoms with Crippen LogP contribution in [-0.4, -0.2) is 173 Å². The predicted octanol–water partition coefficient (Wildman–Crippen LogP) is 6.41. The quantitative estimate of drug-likeness (QED) is 0.0225.